The normalized spacial score (nSPS) is 16.4. The van der Waals surface area contributed by atoms with Crippen LogP contribution in [-0.4, -0.2) is 52.9 Å². The number of rotatable bonds is 4. The second-order valence-electron chi connectivity index (χ2n) is 7.32. The molecule has 0 spiro atoms. The molecule has 1 aliphatic heterocycles. The van der Waals surface area contributed by atoms with E-state index in [0.29, 0.717) is 0 Å². The minimum atomic E-state index is -0.584. The van der Waals surface area contributed by atoms with Crippen LogP contribution in [0, 0.1) is 5.41 Å². The fraction of sp³-hybridized carbons (Fsp3) is 0.688. The predicted octanol–water partition coefficient (Wildman–Crippen LogP) is 0.910. The van der Waals surface area contributed by atoms with Crippen molar-refractivity contribution in [1.82, 2.24) is 25.1 Å². The van der Waals surface area contributed by atoms with Crippen LogP contribution >= 0.6 is 15.9 Å². The van der Waals surface area contributed by atoms with Crippen LogP contribution < -0.4 is 10.6 Å². The number of carbonyl (C=O) groups excluding carboxylic acids is 2. The van der Waals surface area contributed by atoms with E-state index < -0.39 is 6.04 Å². The van der Waals surface area contributed by atoms with Gasteiger partial charge < -0.3 is 15.2 Å². The topological polar surface area (TPSA) is 79.3 Å². The zero-order valence-electron chi connectivity index (χ0n) is 14.9. The first-order valence-corrected chi connectivity index (χ1v) is 8.86. The van der Waals surface area contributed by atoms with E-state index in [1.165, 1.54) is 0 Å². The number of nitrogens with one attached hydrogen (secondary N) is 2. The van der Waals surface area contributed by atoms with Gasteiger partial charge in [-0.3, -0.25) is 14.5 Å². The zero-order valence-corrected chi connectivity index (χ0v) is 16.5. The third kappa shape index (κ3) is 4.16. The molecule has 1 aliphatic rings. The second kappa shape index (κ2) is 7.23. The summed E-state index contributed by atoms with van der Waals surface area (Å²) in [6.07, 6.45) is 0.165. The van der Waals surface area contributed by atoms with Crippen molar-refractivity contribution in [2.24, 2.45) is 5.41 Å². The molecule has 1 atom stereocenters. The lowest BCUT2D eigenvalue weighted by Crippen LogP contribution is -2.53. The van der Waals surface area contributed by atoms with Gasteiger partial charge in [0.1, 0.15) is 6.04 Å². The Kier molecular flexibility index (Phi) is 5.70. The van der Waals surface area contributed by atoms with Crippen molar-refractivity contribution in [2.45, 2.75) is 46.3 Å². The number of aromatic nitrogens is 2. The van der Waals surface area contributed by atoms with Crippen molar-refractivity contribution in [1.29, 1.82) is 0 Å². The number of carbonyl (C=O) groups is 2. The van der Waals surface area contributed by atoms with Crippen LogP contribution in [0.5, 0.6) is 0 Å². The summed E-state index contributed by atoms with van der Waals surface area (Å²) >= 11 is 3.47. The number of halogens is 1. The van der Waals surface area contributed by atoms with Crippen molar-refractivity contribution in [2.75, 3.05) is 20.6 Å². The summed E-state index contributed by atoms with van der Waals surface area (Å²) < 4.78 is 2.86. The van der Waals surface area contributed by atoms with E-state index in [2.05, 4.69) is 48.1 Å². The standard InChI is InChI=1S/C16H26BrN5O2/c1-16(2,3)13(14(24)18-4)20-12(23)8-10-11-9-21(5)6-7-22(11)15(17)19-10/h13H,6-9H2,1-5H3,(H,18,24)(H,20,23)/t13-/m1/s1. The van der Waals surface area contributed by atoms with Gasteiger partial charge in [0.2, 0.25) is 11.8 Å². The molecule has 0 aromatic carbocycles. The summed E-state index contributed by atoms with van der Waals surface area (Å²) in [4.78, 5) is 31.3. The highest BCUT2D eigenvalue weighted by atomic mass is 79.9. The fourth-order valence-electron chi connectivity index (χ4n) is 2.84. The van der Waals surface area contributed by atoms with Gasteiger partial charge >= 0.3 is 0 Å². The maximum Gasteiger partial charge on any atom is 0.242 e. The minimum Gasteiger partial charge on any atom is -0.357 e. The molecule has 0 saturated heterocycles. The second-order valence-corrected chi connectivity index (χ2v) is 8.03. The third-order valence-corrected chi connectivity index (χ3v) is 4.85. The molecule has 0 aliphatic carbocycles. The van der Waals surface area contributed by atoms with Crippen LogP contribution in [0.2, 0.25) is 0 Å². The molecule has 0 bridgehead atoms. The minimum absolute atomic E-state index is 0.165. The molecule has 24 heavy (non-hydrogen) atoms. The number of nitrogens with zero attached hydrogens (tertiary/aromatic N) is 3. The summed E-state index contributed by atoms with van der Waals surface area (Å²) in [6, 6.07) is -0.584. The number of imidazole rings is 1. The Labute approximate surface area is 151 Å². The van der Waals surface area contributed by atoms with E-state index in [4.69, 9.17) is 0 Å². The Morgan fingerprint density at radius 2 is 2.00 bits per heavy atom. The molecule has 2 rings (SSSR count). The van der Waals surface area contributed by atoms with Crippen molar-refractivity contribution < 1.29 is 9.59 Å². The summed E-state index contributed by atoms with van der Waals surface area (Å²) in [5.74, 6) is -0.385. The van der Waals surface area contributed by atoms with E-state index in [9.17, 15) is 9.59 Å². The molecule has 134 valence electrons. The number of likely N-dealkylation sites (N-methyl/N-ethyl adjacent to an activating group) is 2. The predicted molar refractivity (Wildman–Crippen MR) is 95.4 cm³/mol. The van der Waals surface area contributed by atoms with Crippen LogP contribution in [0.4, 0.5) is 0 Å². The fourth-order valence-corrected chi connectivity index (χ4v) is 3.44. The first-order valence-electron chi connectivity index (χ1n) is 8.06. The van der Waals surface area contributed by atoms with Gasteiger partial charge in [-0.1, -0.05) is 20.8 Å². The molecule has 7 nitrogen and oxygen atoms in total. The quantitative estimate of drug-likeness (QED) is 0.788. The van der Waals surface area contributed by atoms with Crippen molar-refractivity contribution in [3.05, 3.63) is 16.1 Å². The number of hydrogen-bond acceptors (Lipinski definition) is 4. The Balaban J connectivity index is 2.14. The van der Waals surface area contributed by atoms with E-state index in [-0.39, 0.29) is 23.7 Å². The maximum atomic E-state index is 12.5. The van der Waals surface area contributed by atoms with Crippen LogP contribution in [0.3, 0.4) is 0 Å². The van der Waals surface area contributed by atoms with Crippen LogP contribution in [0.25, 0.3) is 0 Å². The molecular weight excluding hydrogens is 374 g/mol. The molecule has 2 amide bonds. The van der Waals surface area contributed by atoms with E-state index in [1.54, 1.807) is 7.05 Å². The summed E-state index contributed by atoms with van der Waals surface area (Å²) in [7, 11) is 3.63. The lowest BCUT2D eigenvalue weighted by atomic mass is 9.86. The maximum absolute atomic E-state index is 12.5. The molecule has 1 aromatic heterocycles. The highest BCUT2D eigenvalue weighted by Gasteiger charge is 2.32. The van der Waals surface area contributed by atoms with E-state index in [0.717, 1.165) is 35.8 Å². The Morgan fingerprint density at radius 1 is 1.33 bits per heavy atom. The first-order chi connectivity index (χ1) is 11.1. The molecule has 0 unspecified atom stereocenters. The van der Waals surface area contributed by atoms with Gasteiger partial charge in [-0.25, -0.2) is 4.98 Å². The summed E-state index contributed by atoms with van der Waals surface area (Å²) in [5.41, 5.74) is 1.44. The highest BCUT2D eigenvalue weighted by Crippen LogP contribution is 2.23. The Morgan fingerprint density at radius 3 is 2.58 bits per heavy atom. The van der Waals surface area contributed by atoms with E-state index >= 15 is 0 Å². The number of hydrogen-bond donors (Lipinski definition) is 2. The van der Waals surface area contributed by atoms with Gasteiger partial charge in [-0.05, 0) is 28.4 Å². The molecule has 1 aromatic rings. The van der Waals surface area contributed by atoms with Crippen molar-refractivity contribution in [3.8, 4) is 0 Å². The number of fused-ring (bicyclic) bond motifs is 1. The van der Waals surface area contributed by atoms with Gasteiger partial charge in [-0.15, -0.1) is 0 Å². The molecule has 0 saturated carbocycles. The third-order valence-electron chi connectivity index (χ3n) is 4.24. The lowest BCUT2D eigenvalue weighted by Gasteiger charge is -2.30. The highest BCUT2D eigenvalue weighted by molar-refractivity contribution is 9.10. The molecule has 0 radical (unpaired) electrons. The van der Waals surface area contributed by atoms with Gasteiger partial charge in [0, 0.05) is 26.7 Å². The molecular formula is C16H26BrN5O2. The SMILES string of the molecule is CNC(=O)[C@@H](NC(=O)Cc1nc(Br)n2c1CN(C)CC2)C(C)(C)C. The van der Waals surface area contributed by atoms with Crippen LogP contribution in [-0.2, 0) is 29.1 Å². The van der Waals surface area contributed by atoms with Gasteiger partial charge in [-0.2, -0.15) is 0 Å². The van der Waals surface area contributed by atoms with Gasteiger partial charge in [0.15, 0.2) is 4.73 Å². The molecule has 8 heteroatoms. The van der Waals surface area contributed by atoms with E-state index in [1.807, 2.05) is 20.8 Å². The molecule has 2 N–H and O–H groups in total. The smallest absolute Gasteiger partial charge is 0.242 e. The Bertz CT molecular complexity index is 635. The van der Waals surface area contributed by atoms with Crippen molar-refractivity contribution >= 4 is 27.7 Å². The number of amides is 2. The van der Waals surface area contributed by atoms with Crippen molar-refractivity contribution in [3.63, 3.8) is 0 Å². The average molecular weight is 400 g/mol. The van der Waals surface area contributed by atoms with Gasteiger partial charge in [0.25, 0.3) is 0 Å². The average Bonchev–Trinajstić information content (AvgIpc) is 2.78. The van der Waals surface area contributed by atoms with Crippen LogP contribution in [0.1, 0.15) is 32.2 Å². The first kappa shape index (κ1) is 18.9. The Hall–Kier alpha value is -1.41. The van der Waals surface area contributed by atoms with Crippen LogP contribution in [0.15, 0.2) is 4.73 Å². The molecule has 2 heterocycles. The summed E-state index contributed by atoms with van der Waals surface area (Å²) in [5, 5.41) is 5.47. The zero-order chi connectivity index (χ0) is 18.1. The monoisotopic (exact) mass is 399 g/mol. The molecule has 0 fully saturated rings. The van der Waals surface area contributed by atoms with Gasteiger partial charge in [0.05, 0.1) is 17.8 Å². The largest absolute Gasteiger partial charge is 0.357 e. The summed E-state index contributed by atoms with van der Waals surface area (Å²) in [6.45, 7) is 8.35. The lowest BCUT2D eigenvalue weighted by molar-refractivity contribution is -0.131.